The molecule has 5 aromatic heterocycles. The molecular weight excluding hydrogens is 1110 g/mol. The zero-order valence-electron chi connectivity index (χ0n) is 50.1. The van der Waals surface area contributed by atoms with Crippen molar-refractivity contribution in [2.24, 2.45) is 0 Å². The van der Waals surface area contributed by atoms with Crippen molar-refractivity contribution in [1.82, 2.24) is 33.2 Å². The van der Waals surface area contributed by atoms with E-state index >= 15 is 0 Å². The maximum atomic E-state index is 5.39. The van der Waals surface area contributed by atoms with Gasteiger partial charge in [-0.05, 0) is 148 Å². The lowest BCUT2D eigenvalue weighted by atomic mass is 9.81. The molecule has 91 heavy (non-hydrogen) atoms. The third-order valence-corrected chi connectivity index (χ3v) is 19.7. The van der Waals surface area contributed by atoms with Crippen molar-refractivity contribution in [3.8, 4) is 68.0 Å². The van der Waals surface area contributed by atoms with Crippen LogP contribution in [0.4, 0.5) is 0 Å². The van der Waals surface area contributed by atoms with Crippen molar-refractivity contribution in [2.45, 2.75) is 31.6 Å². The average molecular weight is 1160 g/mol. The van der Waals surface area contributed by atoms with Crippen molar-refractivity contribution < 1.29 is 0 Å². The topological polar surface area (TPSA) is 58.4 Å². The summed E-state index contributed by atoms with van der Waals surface area (Å²) in [6.45, 7) is 4.79. The molecule has 0 fully saturated rings. The Hall–Kier alpha value is -11.7. The Morgan fingerprint density at radius 3 is 1.51 bits per heavy atom. The molecule has 2 aliphatic rings. The van der Waals surface area contributed by atoms with Gasteiger partial charge in [-0.15, -0.1) is 0 Å². The maximum Gasteiger partial charge on any atom is 0.238 e. The average Bonchev–Trinajstić information content (AvgIpc) is 1.55. The largest absolute Gasteiger partial charge is 0.309 e. The molecule has 0 amide bonds. The number of hydrogen-bond donors (Lipinski definition) is 0. The second-order valence-corrected chi connectivity index (χ2v) is 25.1. The van der Waals surface area contributed by atoms with Gasteiger partial charge in [-0.1, -0.05) is 208 Å². The number of nitrogens with zero attached hydrogens (tertiary/aromatic N) is 7. The number of benzene rings is 12. The molecule has 0 saturated carbocycles. The number of rotatable bonds is 8. The predicted molar refractivity (Wildman–Crippen MR) is 375 cm³/mol. The number of fused-ring (bicyclic) bond motifs is 16. The molecule has 0 aliphatic heterocycles. The molecular formula is C84H57N7. The first kappa shape index (κ1) is 51.4. The second kappa shape index (κ2) is 19.7. The molecule has 428 valence electrons. The van der Waals surface area contributed by atoms with Crippen LogP contribution in [0.2, 0.25) is 0 Å². The van der Waals surface area contributed by atoms with Gasteiger partial charge in [0, 0.05) is 77.2 Å². The highest BCUT2D eigenvalue weighted by Crippen LogP contribution is 2.54. The molecule has 0 spiro atoms. The molecule has 19 rings (SSSR count). The van der Waals surface area contributed by atoms with Crippen LogP contribution >= 0.6 is 0 Å². The lowest BCUT2D eigenvalue weighted by molar-refractivity contribution is 0.664. The Morgan fingerprint density at radius 1 is 0.352 bits per heavy atom. The van der Waals surface area contributed by atoms with Crippen LogP contribution in [0.25, 0.3) is 150 Å². The summed E-state index contributed by atoms with van der Waals surface area (Å²) in [5.74, 6) is 1.89. The van der Waals surface area contributed by atoms with Gasteiger partial charge in [-0.25, -0.2) is 4.98 Å². The van der Waals surface area contributed by atoms with Gasteiger partial charge in [0.25, 0.3) is 0 Å². The molecule has 1 unspecified atom stereocenters. The molecule has 7 nitrogen and oxygen atoms in total. The Balaban J connectivity index is 0.793. The number of aromatic nitrogens is 7. The van der Waals surface area contributed by atoms with E-state index in [0.29, 0.717) is 17.6 Å². The summed E-state index contributed by atoms with van der Waals surface area (Å²) in [5.41, 5.74) is 24.7. The normalized spacial score (nSPS) is 14.2. The molecule has 17 aromatic rings. The summed E-state index contributed by atoms with van der Waals surface area (Å²) in [6.07, 6.45) is 5.51. The fourth-order valence-electron chi connectivity index (χ4n) is 15.6. The fraction of sp³-hybridized carbons (Fsp3) is 0.0595. The van der Waals surface area contributed by atoms with Crippen LogP contribution in [0.3, 0.4) is 0 Å². The van der Waals surface area contributed by atoms with Crippen LogP contribution < -0.4 is 0 Å². The van der Waals surface area contributed by atoms with Gasteiger partial charge in [-0.2, -0.15) is 9.97 Å². The van der Waals surface area contributed by atoms with Gasteiger partial charge in [0.2, 0.25) is 5.95 Å². The Labute approximate surface area is 525 Å². The first-order valence-corrected chi connectivity index (χ1v) is 31.5. The number of allylic oxidation sites excluding steroid dienone is 1. The quantitative estimate of drug-likeness (QED) is 0.152. The van der Waals surface area contributed by atoms with E-state index in [1.54, 1.807) is 0 Å². The molecule has 1 atom stereocenters. The Kier molecular flexibility index (Phi) is 11.1. The van der Waals surface area contributed by atoms with Gasteiger partial charge in [0.15, 0.2) is 11.6 Å². The van der Waals surface area contributed by atoms with Gasteiger partial charge < -0.3 is 13.7 Å². The standard InChI is InChI=1S/C84H57N7/c1-84(2)71-34-20-18-32-61(71)63-40-41-64-65-46-54(38-44-75(65)90(80(64)79(63)84)60-30-16-7-17-31-60)55-36-42-73-66(47-55)67-48-56(37-43-74(67)88(73)58-26-12-5-13-27-58)57-39-45-76-68(49-57)70-51-77-69(62-33-19-21-35-72(62)89(77)59-28-14-6-15-29-59)50-78(70)91(76)83-86-81(52-22-8-3-9-23-52)85-82(87-83)53-24-10-4-11-25-53/h3-48,50-51,57H,49H2,1-2H3. The van der Waals surface area contributed by atoms with Crippen LogP contribution in [0.1, 0.15) is 47.7 Å². The maximum absolute atomic E-state index is 5.39. The summed E-state index contributed by atoms with van der Waals surface area (Å²) in [5, 5.41) is 8.48. The van der Waals surface area contributed by atoms with Crippen LogP contribution in [-0.4, -0.2) is 33.2 Å². The number of para-hydroxylation sites is 4. The lowest BCUT2D eigenvalue weighted by Crippen LogP contribution is -2.16. The van der Waals surface area contributed by atoms with Crippen molar-refractivity contribution in [1.29, 1.82) is 0 Å². The zero-order chi connectivity index (χ0) is 60.1. The van der Waals surface area contributed by atoms with Crippen molar-refractivity contribution in [3.63, 3.8) is 0 Å². The molecule has 5 heterocycles. The second-order valence-electron chi connectivity index (χ2n) is 25.1. The molecule has 0 saturated heterocycles. The summed E-state index contributed by atoms with van der Waals surface area (Å²) in [6, 6.07) is 102. The van der Waals surface area contributed by atoms with Gasteiger partial charge in [-0.3, -0.25) is 4.57 Å². The van der Waals surface area contributed by atoms with Gasteiger partial charge in [0.1, 0.15) is 0 Å². The Bertz CT molecular complexity index is 5810. The smallest absolute Gasteiger partial charge is 0.238 e. The zero-order valence-corrected chi connectivity index (χ0v) is 50.1. The van der Waals surface area contributed by atoms with Crippen LogP contribution in [0.5, 0.6) is 0 Å². The predicted octanol–water partition coefficient (Wildman–Crippen LogP) is 20.8. The summed E-state index contributed by atoms with van der Waals surface area (Å²) in [4.78, 5) is 15.9. The molecule has 2 aliphatic carbocycles. The fourth-order valence-corrected chi connectivity index (χ4v) is 15.6. The number of hydrogen-bond acceptors (Lipinski definition) is 3. The van der Waals surface area contributed by atoms with E-state index in [0.717, 1.165) is 56.9 Å². The van der Waals surface area contributed by atoms with E-state index in [1.165, 1.54) is 104 Å². The van der Waals surface area contributed by atoms with Gasteiger partial charge >= 0.3 is 0 Å². The lowest BCUT2D eigenvalue weighted by Gasteiger charge is -2.23. The summed E-state index contributed by atoms with van der Waals surface area (Å²) >= 11 is 0. The van der Waals surface area contributed by atoms with Crippen LogP contribution in [0, 0.1) is 0 Å². The van der Waals surface area contributed by atoms with Crippen molar-refractivity contribution >= 4 is 82.4 Å². The highest BCUT2D eigenvalue weighted by molar-refractivity contribution is 6.17. The molecule has 0 bridgehead atoms. The first-order valence-electron chi connectivity index (χ1n) is 31.5. The van der Waals surface area contributed by atoms with E-state index in [4.69, 9.17) is 15.0 Å². The third-order valence-electron chi connectivity index (χ3n) is 19.7. The minimum absolute atomic E-state index is 0.0617. The third kappa shape index (κ3) is 7.71. The van der Waals surface area contributed by atoms with Crippen molar-refractivity contribution in [2.75, 3.05) is 0 Å². The van der Waals surface area contributed by atoms with Crippen LogP contribution in [0.15, 0.2) is 285 Å². The van der Waals surface area contributed by atoms with E-state index in [9.17, 15) is 0 Å². The summed E-state index contributed by atoms with van der Waals surface area (Å²) in [7, 11) is 0. The van der Waals surface area contributed by atoms with E-state index in [2.05, 4.69) is 287 Å². The first-order chi connectivity index (χ1) is 44.9. The van der Waals surface area contributed by atoms with E-state index < -0.39 is 0 Å². The monoisotopic (exact) mass is 1160 g/mol. The van der Waals surface area contributed by atoms with Crippen molar-refractivity contribution in [3.05, 3.63) is 313 Å². The van der Waals surface area contributed by atoms with Gasteiger partial charge in [0.05, 0.1) is 44.3 Å². The molecule has 12 aromatic carbocycles. The SMILES string of the molecule is CC1(C)c2ccccc2-c2ccc3c4cc(-c5ccc6c(c5)c5cc(C7C=Cc8c(c9cc%10c(cc9n8-c8nc(-c9ccccc9)nc(-c9ccccc9)n8)c8ccccc8n%10-c8ccccc8)C7)ccc5n6-c5ccccc5)ccc4n(-c4ccccc4)c3c21. The van der Waals surface area contributed by atoms with E-state index in [1.807, 2.05) is 36.4 Å². The highest BCUT2D eigenvalue weighted by atomic mass is 15.2. The molecule has 0 N–H and O–H groups in total. The Morgan fingerprint density at radius 2 is 0.846 bits per heavy atom. The summed E-state index contributed by atoms with van der Waals surface area (Å²) < 4.78 is 9.68. The van der Waals surface area contributed by atoms with Crippen LogP contribution in [-0.2, 0) is 11.8 Å². The molecule has 7 heteroatoms. The molecule has 0 radical (unpaired) electrons. The van der Waals surface area contributed by atoms with E-state index in [-0.39, 0.29) is 11.3 Å². The minimum Gasteiger partial charge on any atom is -0.309 e. The highest BCUT2D eigenvalue weighted by Gasteiger charge is 2.39. The minimum atomic E-state index is -0.187.